The van der Waals surface area contributed by atoms with Gasteiger partial charge in [0.05, 0.1) is 5.54 Å². The summed E-state index contributed by atoms with van der Waals surface area (Å²) in [5, 5.41) is 4.62. The molecule has 1 aliphatic carbocycles. The van der Waals surface area contributed by atoms with Gasteiger partial charge >= 0.3 is 0 Å². The van der Waals surface area contributed by atoms with Gasteiger partial charge in [-0.1, -0.05) is 38.3 Å². The van der Waals surface area contributed by atoms with Gasteiger partial charge in [-0.25, -0.2) is 0 Å². The standard InChI is InChI=1S/C10H17Br2NO/c1-10(6-11,7-12)13-9(14)5-8-3-2-4-8/h8H,2-7H2,1H3,(H,13,14). The van der Waals surface area contributed by atoms with Crippen molar-refractivity contribution >= 4 is 37.8 Å². The van der Waals surface area contributed by atoms with Gasteiger partial charge in [0.25, 0.3) is 0 Å². The minimum absolute atomic E-state index is 0.152. The Balaban J connectivity index is 2.30. The van der Waals surface area contributed by atoms with Crippen LogP contribution in [0.4, 0.5) is 0 Å². The molecule has 0 heterocycles. The predicted molar refractivity (Wildman–Crippen MR) is 66.1 cm³/mol. The summed E-state index contributed by atoms with van der Waals surface area (Å²) in [6.07, 6.45) is 4.46. The molecule has 1 fully saturated rings. The van der Waals surface area contributed by atoms with Gasteiger partial charge in [0.1, 0.15) is 0 Å². The molecule has 1 amide bonds. The van der Waals surface area contributed by atoms with Crippen molar-refractivity contribution in [2.24, 2.45) is 5.92 Å². The number of alkyl halides is 2. The second-order valence-electron chi connectivity index (χ2n) is 4.38. The van der Waals surface area contributed by atoms with Crippen molar-refractivity contribution in [3.05, 3.63) is 0 Å². The summed E-state index contributed by atoms with van der Waals surface area (Å²) in [5.41, 5.74) is -0.152. The molecule has 0 aromatic rings. The molecule has 4 heteroatoms. The van der Waals surface area contributed by atoms with Gasteiger partial charge in [-0.05, 0) is 25.7 Å². The van der Waals surface area contributed by atoms with E-state index in [2.05, 4.69) is 37.2 Å². The Labute approximate surface area is 102 Å². The smallest absolute Gasteiger partial charge is 0.220 e. The van der Waals surface area contributed by atoms with Gasteiger partial charge < -0.3 is 5.32 Å². The molecule has 0 aromatic carbocycles. The monoisotopic (exact) mass is 325 g/mol. The fourth-order valence-corrected chi connectivity index (χ4v) is 2.66. The second kappa shape index (κ2) is 5.50. The minimum Gasteiger partial charge on any atom is -0.349 e. The molecule has 0 atom stereocenters. The van der Waals surface area contributed by atoms with Crippen LogP contribution in [0, 0.1) is 5.92 Å². The Kier molecular flexibility index (Phi) is 4.91. The van der Waals surface area contributed by atoms with E-state index in [0.29, 0.717) is 12.3 Å². The number of nitrogens with one attached hydrogen (secondary N) is 1. The van der Waals surface area contributed by atoms with Crippen LogP contribution in [-0.2, 0) is 4.79 Å². The lowest BCUT2D eigenvalue weighted by atomic mass is 9.82. The Hall–Kier alpha value is 0.430. The lowest BCUT2D eigenvalue weighted by molar-refractivity contribution is -0.123. The van der Waals surface area contributed by atoms with Crippen molar-refractivity contribution in [3.8, 4) is 0 Å². The molecule has 0 aliphatic heterocycles. The SMILES string of the molecule is CC(CBr)(CBr)NC(=O)CC1CCC1. The molecule has 14 heavy (non-hydrogen) atoms. The molecule has 2 nitrogen and oxygen atoms in total. The fraction of sp³-hybridized carbons (Fsp3) is 0.900. The number of hydrogen-bond donors (Lipinski definition) is 1. The van der Waals surface area contributed by atoms with Crippen LogP contribution >= 0.6 is 31.9 Å². The van der Waals surface area contributed by atoms with Gasteiger partial charge in [-0.3, -0.25) is 4.79 Å². The summed E-state index contributed by atoms with van der Waals surface area (Å²) in [4.78, 5) is 11.6. The predicted octanol–water partition coefficient (Wildman–Crippen LogP) is 2.84. The zero-order valence-electron chi connectivity index (χ0n) is 8.48. The Bertz CT molecular complexity index is 200. The summed E-state index contributed by atoms with van der Waals surface area (Å²) in [5.74, 6) is 0.834. The summed E-state index contributed by atoms with van der Waals surface area (Å²) in [6, 6.07) is 0. The number of amides is 1. The van der Waals surface area contributed by atoms with Gasteiger partial charge in [0, 0.05) is 17.1 Å². The van der Waals surface area contributed by atoms with Gasteiger partial charge in [0.15, 0.2) is 0 Å². The molecule has 0 bridgehead atoms. The number of halogens is 2. The zero-order valence-corrected chi connectivity index (χ0v) is 11.7. The highest BCUT2D eigenvalue weighted by atomic mass is 79.9. The highest BCUT2D eigenvalue weighted by Crippen LogP contribution is 2.29. The number of carbonyl (C=O) groups is 1. The molecule has 0 spiro atoms. The summed E-state index contributed by atoms with van der Waals surface area (Å²) < 4.78 is 0. The van der Waals surface area contributed by atoms with Crippen LogP contribution in [-0.4, -0.2) is 22.1 Å². The van der Waals surface area contributed by atoms with Crippen LogP contribution < -0.4 is 5.32 Å². The normalized spacial score (nSPS) is 17.6. The molecular weight excluding hydrogens is 310 g/mol. The first-order chi connectivity index (χ1) is 6.59. The van der Waals surface area contributed by atoms with Gasteiger partial charge in [-0.2, -0.15) is 0 Å². The van der Waals surface area contributed by atoms with E-state index in [9.17, 15) is 4.79 Å². The van der Waals surface area contributed by atoms with Crippen molar-refractivity contribution in [2.45, 2.75) is 38.1 Å². The summed E-state index contributed by atoms with van der Waals surface area (Å²) in [6.45, 7) is 2.04. The maximum absolute atomic E-state index is 11.6. The van der Waals surface area contributed by atoms with Gasteiger partial charge in [0.2, 0.25) is 5.91 Å². The molecule has 1 aliphatic rings. The first-order valence-electron chi connectivity index (χ1n) is 5.02. The Morgan fingerprint density at radius 1 is 1.43 bits per heavy atom. The molecule has 1 N–H and O–H groups in total. The zero-order chi connectivity index (χ0) is 10.6. The molecule has 82 valence electrons. The maximum Gasteiger partial charge on any atom is 0.220 e. The third kappa shape index (κ3) is 3.54. The van der Waals surface area contributed by atoms with Crippen molar-refractivity contribution in [2.75, 3.05) is 10.7 Å². The maximum atomic E-state index is 11.6. The van der Waals surface area contributed by atoms with Crippen LogP contribution in [0.1, 0.15) is 32.6 Å². The largest absolute Gasteiger partial charge is 0.349 e. The van der Waals surface area contributed by atoms with E-state index in [4.69, 9.17) is 0 Å². The molecular formula is C10H17Br2NO. The fourth-order valence-electron chi connectivity index (χ4n) is 1.45. The minimum atomic E-state index is -0.152. The molecule has 0 aromatic heterocycles. The second-order valence-corrected chi connectivity index (χ2v) is 5.50. The third-order valence-electron chi connectivity index (χ3n) is 2.73. The number of carbonyl (C=O) groups excluding carboxylic acids is 1. The highest BCUT2D eigenvalue weighted by molar-refractivity contribution is 9.09. The van der Waals surface area contributed by atoms with Gasteiger partial charge in [-0.15, -0.1) is 0 Å². The molecule has 0 radical (unpaired) electrons. The van der Waals surface area contributed by atoms with Crippen molar-refractivity contribution in [1.29, 1.82) is 0 Å². The van der Waals surface area contributed by atoms with Crippen molar-refractivity contribution < 1.29 is 4.79 Å². The molecule has 0 saturated heterocycles. The lowest BCUT2D eigenvalue weighted by Crippen LogP contribution is -2.49. The van der Waals surface area contributed by atoms with Crippen LogP contribution in [0.3, 0.4) is 0 Å². The average Bonchev–Trinajstić information content (AvgIpc) is 2.11. The highest BCUT2D eigenvalue weighted by Gasteiger charge is 2.26. The van der Waals surface area contributed by atoms with E-state index in [1.807, 2.05) is 6.92 Å². The van der Waals surface area contributed by atoms with E-state index in [0.717, 1.165) is 10.7 Å². The average molecular weight is 327 g/mol. The summed E-state index contributed by atoms with van der Waals surface area (Å²) in [7, 11) is 0. The molecule has 1 rings (SSSR count). The van der Waals surface area contributed by atoms with E-state index < -0.39 is 0 Å². The van der Waals surface area contributed by atoms with Crippen LogP contribution in [0.15, 0.2) is 0 Å². The Morgan fingerprint density at radius 2 is 2.00 bits per heavy atom. The van der Waals surface area contributed by atoms with E-state index in [-0.39, 0.29) is 11.4 Å². The molecule has 0 unspecified atom stereocenters. The summed E-state index contributed by atoms with van der Waals surface area (Å²) >= 11 is 6.83. The van der Waals surface area contributed by atoms with Crippen LogP contribution in [0.25, 0.3) is 0 Å². The topological polar surface area (TPSA) is 29.1 Å². The molecule has 1 saturated carbocycles. The number of hydrogen-bond acceptors (Lipinski definition) is 1. The van der Waals surface area contributed by atoms with E-state index in [1.54, 1.807) is 0 Å². The van der Waals surface area contributed by atoms with Crippen LogP contribution in [0.2, 0.25) is 0 Å². The Morgan fingerprint density at radius 3 is 2.36 bits per heavy atom. The van der Waals surface area contributed by atoms with E-state index >= 15 is 0 Å². The number of rotatable bonds is 5. The van der Waals surface area contributed by atoms with E-state index in [1.165, 1.54) is 19.3 Å². The van der Waals surface area contributed by atoms with Crippen molar-refractivity contribution in [3.63, 3.8) is 0 Å². The van der Waals surface area contributed by atoms with Crippen molar-refractivity contribution in [1.82, 2.24) is 5.32 Å². The van der Waals surface area contributed by atoms with Crippen LogP contribution in [0.5, 0.6) is 0 Å². The first kappa shape index (κ1) is 12.5. The third-order valence-corrected chi connectivity index (χ3v) is 5.21. The quantitative estimate of drug-likeness (QED) is 0.773. The first-order valence-corrected chi connectivity index (χ1v) is 7.27. The lowest BCUT2D eigenvalue weighted by Gasteiger charge is -2.29.